The second kappa shape index (κ2) is 10.4. The Morgan fingerprint density at radius 3 is 2.58 bits per heavy atom. The van der Waals surface area contributed by atoms with E-state index in [9.17, 15) is 18.0 Å². The van der Waals surface area contributed by atoms with Crippen LogP contribution in [0, 0.1) is 5.41 Å². The summed E-state index contributed by atoms with van der Waals surface area (Å²) in [7, 11) is 5.42. The van der Waals surface area contributed by atoms with Gasteiger partial charge < -0.3 is 15.0 Å². The number of fused-ring (bicyclic) bond motifs is 1. The lowest BCUT2D eigenvalue weighted by Gasteiger charge is -2.30. The molecule has 0 saturated heterocycles. The molecule has 36 heavy (non-hydrogen) atoms. The van der Waals surface area contributed by atoms with E-state index in [1.54, 1.807) is 19.2 Å². The first-order chi connectivity index (χ1) is 17.1. The van der Waals surface area contributed by atoms with Crippen LogP contribution >= 0.6 is 0 Å². The zero-order chi connectivity index (χ0) is 25.9. The molecule has 6 nitrogen and oxygen atoms in total. The Morgan fingerprint density at radius 1 is 1.19 bits per heavy atom. The summed E-state index contributed by atoms with van der Waals surface area (Å²) in [6.45, 7) is 0.323. The van der Waals surface area contributed by atoms with Crippen molar-refractivity contribution in [3.05, 3.63) is 66.0 Å². The second-order valence-corrected chi connectivity index (χ2v) is 9.70. The molecule has 1 aliphatic carbocycles. The van der Waals surface area contributed by atoms with Crippen molar-refractivity contribution in [2.24, 2.45) is 5.41 Å². The zero-order valence-electron chi connectivity index (χ0n) is 20.7. The molecule has 1 N–H and O–H groups in total. The quantitative estimate of drug-likeness (QED) is 0.436. The van der Waals surface area contributed by atoms with Gasteiger partial charge in [0.2, 0.25) is 11.8 Å². The number of benzene rings is 1. The average molecular weight is 501 g/mol. The molecule has 2 aromatic heterocycles. The van der Waals surface area contributed by atoms with Crippen molar-refractivity contribution in [3.8, 4) is 5.88 Å². The lowest BCUT2D eigenvalue weighted by atomic mass is 9.80. The largest absolute Gasteiger partial charge is 0.481 e. The number of rotatable bonds is 10. The van der Waals surface area contributed by atoms with E-state index in [0.717, 1.165) is 16.5 Å². The number of halogens is 3. The van der Waals surface area contributed by atoms with Crippen LogP contribution in [0.3, 0.4) is 0 Å². The number of carbonyl (C=O) groups is 1. The number of likely N-dealkylation sites (N-methyl/N-ethyl adjacent to an activating group) is 1. The van der Waals surface area contributed by atoms with Crippen LogP contribution in [-0.4, -0.2) is 60.7 Å². The third kappa shape index (κ3) is 5.61. The Labute approximate surface area is 208 Å². The van der Waals surface area contributed by atoms with Crippen LogP contribution in [0.25, 0.3) is 10.9 Å². The predicted molar refractivity (Wildman–Crippen MR) is 132 cm³/mol. The van der Waals surface area contributed by atoms with Gasteiger partial charge in [-0.3, -0.25) is 9.78 Å². The molecule has 0 unspecified atom stereocenters. The molecular formula is C27H31F3N4O2. The van der Waals surface area contributed by atoms with Crippen molar-refractivity contribution >= 4 is 16.8 Å². The lowest BCUT2D eigenvalue weighted by molar-refractivity contribution is -0.194. The molecule has 3 aromatic rings. The molecule has 0 bridgehead atoms. The minimum atomic E-state index is -4.37. The van der Waals surface area contributed by atoms with Gasteiger partial charge in [0, 0.05) is 48.8 Å². The summed E-state index contributed by atoms with van der Waals surface area (Å²) in [5, 5.41) is 3.87. The first kappa shape index (κ1) is 25.9. The van der Waals surface area contributed by atoms with E-state index < -0.39 is 17.5 Å². The maximum Gasteiger partial charge on any atom is 0.395 e. The lowest BCUT2D eigenvalue weighted by Crippen LogP contribution is -2.42. The number of ether oxygens (including phenoxy) is 1. The van der Waals surface area contributed by atoms with Gasteiger partial charge in [0.25, 0.3) is 0 Å². The number of nitrogens with zero attached hydrogens (tertiary/aromatic N) is 3. The number of aromatic nitrogens is 2. The summed E-state index contributed by atoms with van der Waals surface area (Å²) in [6.07, 6.45) is -0.901. The number of hydrogen-bond donors (Lipinski definition) is 1. The van der Waals surface area contributed by atoms with E-state index in [4.69, 9.17) is 4.74 Å². The number of alkyl halides is 3. The Bertz CT molecular complexity index is 1200. The first-order valence-corrected chi connectivity index (χ1v) is 12.0. The zero-order valence-corrected chi connectivity index (χ0v) is 20.7. The Balaban J connectivity index is 1.43. The molecule has 1 aliphatic rings. The van der Waals surface area contributed by atoms with E-state index in [1.165, 1.54) is 12.4 Å². The normalized spacial score (nSPS) is 16.5. The highest BCUT2D eigenvalue weighted by molar-refractivity contribution is 5.80. The smallest absolute Gasteiger partial charge is 0.395 e. The number of carbonyl (C=O) groups excluding carboxylic acids is 1. The summed E-state index contributed by atoms with van der Waals surface area (Å²) in [5.74, 6) is -0.790. The summed E-state index contributed by atoms with van der Waals surface area (Å²) < 4.78 is 47.0. The summed E-state index contributed by atoms with van der Waals surface area (Å²) in [6, 6.07) is 12.9. The van der Waals surface area contributed by atoms with Crippen LogP contribution in [0.5, 0.6) is 5.88 Å². The predicted octanol–water partition coefficient (Wildman–Crippen LogP) is 4.74. The van der Waals surface area contributed by atoms with Crippen LogP contribution in [0.4, 0.5) is 13.2 Å². The van der Waals surface area contributed by atoms with Gasteiger partial charge in [-0.1, -0.05) is 12.1 Å². The summed E-state index contributed by atoms with van der Waals surface area (Å²) in [4.78, 5) is 23.3. The number of hydrogen-bond acceptors (Lipinski definition) is 5. The Kier molecular flexibility index (Phi) is 7.49. The molecule has 2 atom stereocenters. The minimum Gasteiger partial charge on any atom is -0.481 e. The highest BCUT2D eigenvalue weighted by Gasteiger charge is 2.67. The highest BCUT2D eigenvalue weighted by atomic mass is 19.4. The van der Waals surface area contributed by atoms with E-state index in [2.05, 4.69) is 21.4 Å². The standard InChI is InChI=1S/C27H31F3N4O2/c1-34(2)21(14-18-6-8-23-19(13-18)7-9-25(33-23)36-3)17-32-24(35)15-22(20-5-4-12-31-16-20)26(10-11-26)27(28,29)30/h4-9,12-13,16,21-22H,10-11,14-15,17H2,1-3H3,(H,32,35)/t21-,22-/m0/s1. The second-order valence-electron chi connectivity index (χ2n) is 9.70. The molecule has 1 fully saturated rings. The van der Waals surface area contributed by atoms with Crippen molar-refractivity contribution in [1.29, 1.82) is 0 Å². The van der Waals surface area contributed by atoms with Gasteiger partial charge in [-0.25, -0.2) is 4.98 Å². The fourth-order valence-electron chi connectivity index (χ4n) is 4.77. The van der Waals surface area contributed by atoms with Crippen molar-refractivity contribution in [2.75, 3.05) is 27.7 Å². The Morgan fingerprint density at radius 2 is 1.97 bits per heavy atom. The number of pyridine rings is 2. The number of nitrogens with one attached hydrogen (secondary N) is 1. The topological polar surface area (TPSA) is 67.3 Å². The molecule has 0 radical (unpaired) electrons. The van der Waals surface area contributed by atoms with E-state index in [1.807, 2.05) is 43.3 Å². The molecule has 1 aromatic carbocycles. The summed E-state index contributed by atoms with van der Waals surface area (Å²) >= 11 is 0. The van der Waals surface area contributed by atoms with Gasteiger partial charge in [-0.05, 0) is 68.8 Å². The van der Waals surface area contributed by atoms with Crippen LogP contribution in [0.15, 0.2) is 54.9 Å². The fraction of sp³-hybridized carbons (Fsp3) is 0.444. The highest BCUT2D eigenvalue weighted by Crippen LogP contribution is 2.66. The van der Waals surface area contributed by atoms with Gasteiger partial charge in [-0.2, -0.15) is 13.2 Å². The van der Waals surface area contributed by atoms with Crippen LogP contribution in [0.2, 0.25) is 0 Å². The van der Waals surface area contributed by atoms with Gasteiger partial charge in [0.1, 0.15) is 0 Å². The molecule has 1 saturated carbocycles. The molecule has 0 aliphatic heterocycles. The SMILES string of the molecule is COc1ccc2cc(C[C@@H](CNC(=O)C[C@@H](c3cccnc3)C3(C(F)(F)F)CC3)N(C)C)ccc2n1. The molecule has 192 valence electrons. The van der Waals surface area contributed by atoms with Crippen molar-refractivity contribution in [1.82, 2.24) is 20.2 Å². The molecule has 4 rings (SSSR count). The number of amides is 1. The van der Waals surface area contributed by atoms with Gasteiger partial charge in [-0.15, -0.1) is 0 Å². The van der Waals surface area contributed by atoms with Gasteiger partial charge in [0.15, 0.2) is 0 Å². The molecule has 9 heteroatoms. The third-order valence-electron chi connectivity index (χ3n) is 7.17. The minimum absolute atomic E-state index is 0.0341. The molecular weight excluding hydrogens is 469 g/mol. The first-order valence-electron chi connectivity index (χ1n) is 12.0. The van der Waals surface area contributed by atoms with E-state index >= 15 is 0 Å². The van der Waals surface area contributed by atoms with Crippen molar-refractivity contribution in [3.63, 3.8) is 0 Å². The molecule has 1 amide bonds. The van der Waals surface area contributed by atoms with Crippen molar-refractivity contribution < 1.29 is 22.7 Å². The van der Waals surface area contributed by atoms with Gasteiger partial charge >= 0.3 is 6.18 Å². The average Bonchev–Trinajstić information content (AvgIpc) is 3.67. The van der Waals surface area contributed by atoms with Crippen LogP contribution < -0.4 is 10.1 Å². The molecule has 2 heterocycles. The van der Waals surface area contributed by atoms with Crippen molar-refractivity contribution in [2.45, 2.75) is 43.8 Å². The monoisotopic (exact) mass is 500 g/mol. The molecule has 0 spiro atoms. The number of methoxy groups -OCH3 is 1. The summed E-state index contributed by atoms with van der Waals surface area (Å²) in [5.41, 5.74) is 0.501. The maximum absolute atomic E-state index is 13.9. The van der Waals surface area contributed by atoms with E-state index in [-0.39, 0.29) is 31.2 Å². The van der Waals surface area contributed by atoms with Crippen LogP contribution in [-0.2, 0) is 11.2 Å². The van der Waals surface area contributed by atoms with Crippen LogP contribution in [0.1, 0.15) is 36.3 Å². The Hall–Kier alpha value is -3.20. The maximum atomic E-state index is 13.9. The van der Waals surface area contributed by atoms with Gasteiger partial charge in [0.05, 0.1) is 18.0 Å². The van der Waals surface area contributed by atoms with E-state index in [0.29, 0.717) is 24.4 Å². The third-order valence-corrected chi connectivity index (χ3v) is 7.17. The fourth-order valence-corrected chi connectivity index (χ4v) is 4.77.